The van der Waals surface area contributed by atoms with E-state index in [1.54, 1.807) is 49.4 Å². The molecule has 0 radical (unpaired) electrons. The van der Waals surface area contributed by atoms with Crippen molar-refractivity contribution in [1.29, 1.82) is 0 Å². The van der Waals surface area contributed by atoms with Gasteiger partial charge < -0.3 is 9.15 Å². The number of ketones is 1. The van der Waals surface area contributed by atoms with Crippen LogP contribution in [-0.4, -0.2) is 23.3 Å². The van der Waals surface area contributed by atoms with Crippen LogP contribution in [0.15, 0.2) is 59.5 Å². The predicted molar refractivity (Wildman–Crippen MR) is 92.7 cm³/mol. The lowest BCUT2D eigenvalue weighted by atomic mass is 10.1. The molecule has 0 bridgehead atoms. The summed E-state index contributed by atoms with van der Waals surface area (Å²) in [7, 11) is 0. The zero-order valence-electron chi connectivity index (χ0n) is 13.4. The fourth-order valence-corrected chi connectivity index (χ4v) is 2.45. The van der Waals surface area contributed by atoms with Gasteiger partial charge in [0.15, 0.2) is 24.5 Å². The van der Waals surface area contributed by atoms with E-state index in [1.165, 1.54) is 12.6 Å². The molecule has 25 heavy (non-hydrogen) atoms. The molecule has 0 amide bonds. The third kappa shape index (κ3) is 3.78. The van der Waals surface area contributed by atoms with E-state index in [-0.39, 0.29) is 12.4 Å². The highest BCUT2D eigenvalue weighted by Gasteiger charge is 2.17. The van der Waals surface area contributed by atoms with Crippen LogP contribution in [0.4, 0.5) is 0 Å². The normalized spacial score (nSPS) is 10.5. The SMILES string of the molecule is Cc1cc(C(=O)COC(=O)c2ccccc2-c2cnco2)ccc1Cl. The van der Waals surface area contributed by atoms with Gasteiger partial charge in [0.05, 0.1) is 11.8 Å². The maximum Gasteiger partial charge on any atom is 0.339 e. The average molecular weight is 356 g/mol. The lowest BCUT2D eigenvalue weighted by molar-refractivity contribution is 0.0475. The number of carbonyl (C=O) groups excluding carboxylic acids is 2. The van der Waals surface area contributed by atoms with Crippen molar-refractivity contribution >= 4 is 23.4 Å². The summed E-state index contributed by atoms with van der Waals surface area (Å²) in [6, 6.07) is 11.7. The second-order valence-electron chi connectivity index (χ2n) is 5.37. The molecule has 0 aliphatic heterocycles. The zero-order chi connectivity index (χ0) is 17.8. The molecular weight excluding hydrogens is 342 g/mol. The molecule has 2 aromatic carbocycles. The quantitative estimate of drug-likeness (QED) is 0.503. The van der Waals surface area contributed by atoms with Crippen molar-refractivity contribution < 1.29 is 18.7 Å². The van der Waals surface area contributed by atoms with Crippen LogP contribution in [0.5, 0.6) is 0 Å². The van der Waals surface area contributed by atoms with Gasteiger partial charge in [0.25, 0.3) is 0 Å². The van der Waals surface area contributed by atoms with E-state index in [0.29, 0.717) is 27.5 Å². The highest BCUT2D eigenvalue weighted by atomic mass is 35.5. The summed E-state index contributed by atoms with van der Waals surface area (Å²) in [5.41, 5.74) is 2.09. The maximum atomic E-state index is 12.4. The molecule has 3 rings (SSSR count). The summed E-state index contributed by atoms with van der Waals surface area (Å²) in [6.45, 7) is 1.45. The molecule has 1 aromatic heterocycles. The van der Waals surface area contributed by atoms with Crippen LogP contribution >= 0.6 is 11.6 Å². The summed E-state index contributed by atoms with van der Waals surface area (Å²) >= 11 is 5.95. The number of hydrogen-bond donors (Lipinski definition) is 0. The minimum absolute atomic E-state index is 0.301. The van der Waals surface area contributed by atoms with Gasteiger partial charge in [0, 0.05) is 16.1 Å². The van der Waals surface area contributed by atoms with Crippen LogP contribution in [0.3, 0.4) is 0 Å². The van der Waals surface area contributed by atoms with Crippen LogP contribution in [-0.2, 0) is 4.74 Å². The van der Waals surface area contributed by atoms with Gasteiger partial charge in [-0.2, -0.15) is 0 Å². The summed E-state index contributed by atoms with van der Waals surface area (Å²) in [6.07, 6.45) is 2.79. The van der Waals surface area contributed by atoms with E-state index in [1.807, 2.05) is 0 Å². The Morgan fingerprint density at radius 1 is 1.20 bits per heavy atom. The first-order chi connectivity index (χ1) is 12.1. The molecular formula is C19H14ClNO4. The zero-order valence-corrected chi connectivity index (χ0v) is 14.1. The predicted octanol–water partition coefficient (Wildman–Crippen LogP) is 4.34. The molecule has 126 valence electrons. The van der Waals surface area contributed by atoms with Crippen LogP contribution < -0.4 is 0 Å². The minimum atomic E-state index is -0.606. The minimum Gasteiger partial charge on any atom is -0.454 e. The fraction of sp³-hybridized carbons (Fsp3) is 0.105. The van der Waals surface area contributed by atoms with Crippen molar-refractivity contribution in [3.8, 4) is 11.3 Å². The Labute approximate surface area is 149 Å². The van der Waals surface area contributed by atoms with Crippen molar-refractivity contribution in [1.82, 2.24) is 4.98 Å². The number of aromatic nitrogens is 1. The largest absolute Gasteiger partial charge is 0.454 e. The van der Waals surface area contributed by atoms with Gasteiger partial charge in [-0.25, -0.2) is 9.78 Å². The maximum absolute atomic E-state index is 12.4. The molecule has 0 aliphatic carbocycles. The number of nitrogens with zero attached hydrogens (tertiary/aromatic N) is 1. The summed E-state index contributed by atoms with van der Waals surface area (Å²) in [5.74, 6) is -0.455. The summed E-state index contributed by atoms with van der Waals surface area (Å²) in [5, 5.41) is 0.578. The Morgan fingerprint density at radius 2 is 2.00 bits per heavy atom. The number of halogens is 1. The molecule has 1 heterocycles. The molecule has 0 aliphatic rings. The molecule has 0 N–H and O–H groups in total. The van der Waals surface area contributed by atoms with E-state index in [4.69, 9.17) is 20.8 Å². The Kier molecular flexibility index (Phi) is 4.95. The fourth-order valence-electron chi connectivity index (χ4n) is 2.34. The number of ether oxygens (including phenoxy) is 1. The number of benzene rings is 2. The summed E-state index contributed by atoms with van der Waals surface area (Å²) < 4.78 is 10.4. The lowest BCUT2D eigenvalue weighted by Gasteiger charge is -2.08. The molecule has 6 heteroatoms. The number of carbonyl (C=O) groups is 2. The first kappa shape index (κ1) is 16.9. The molecule has 3 aromatic rings. The Balaban J connectivity index is 1.73. The molecule has 0 spiro atoms. The van der Waals surface area contributed by atoms with E-state index in [9.17, 15) is 9.59 Å². The second kappa shape index (κ2) is 7.32. The van der Waals surface area contributed by atoms with Gasteiger partial charge in [-0.3, -0.25) is 4.79 Å². The highest BCUT2D eigenvalue weighted by Crippen LogP contribution is 2.24. The van der Waals surface area contributed by atoms with Crippen molar-refractivity contribution in [2.24, 2.45) is 0 Å². The topological polar surface area (TPSA) is 69.4 Å². The monoisotopic (exact) mass is 355 g/mol. The summed E-state index contributed by atoms with van der Waals surface area (Å²) in [4.78, 5) is 28.4. The average Bonchev–Trinajstić information content (AvgIpc) is 3.16. The van der Waals surface area contributed by atoms with Crippen LogP contribution in [0.2, 0.25) is 5.02 Å². The highest BCUT2D eigenvalue weighted by molar-refractivity contribution is 6.31. The molecule has 0 saturated carbocycles. The van der Waals surface area contributed by atoms with Gasteiger partial charge in [-0.05, 0) is 36.8 Å². The first-order valence-electron chi connectivity index (χ1n) is 7.50. The Bertz CT molecular complexity index is 919. The van der Waals surface area contributed by atoms with Crippen molar-refractivity contribution in [2.45, 2.75) is 6.92 Å². The molecule has 0 saturated heterocycles. The third-order valence-electron chi connectivity index (χ3n) is 3.66. The van der Waals surface area contributed by atoms with Gasteiger partial charge in [-0.15, -0.1) is 0 Å². The van der Waals surface area contributed by atoms with Gasteiger partial charge in [0.2, 0.25) is 0 Å². The first-order valence-corrected chi connectivity index (χ1v) is 7.88. The van der Waals surface area contributed by atoms with Gasteiger partial charge in [-0.1, -0.05) is 29.8 Å². The van der Waals surface area contributed by atoms with Crippen molar-refractivity contribution in [3.05, 3.63) is 76.8 Å². The van der Waals surface area contributed by atoms with Crippen LogP contribution in [0.1, 0.15) is 26.3 Å². The van der Waals surface area contributed by atoms with E-state index in [2.05, 4.69) is 4.98 Å². The van der Waals surface area contributed by atoms with Crippen molar-refractivity contribution in [2.75, 3.05) is 6.61 Å². The second-order valence-corrected chi connectivity index (χ2v) is 5.78. The Morgan fingerprint density at radius 3 is 2.72 bits per heavy atom. The number of oxazole rings is 1. The molecule has 0 fully saturated rings. The number of aryl methyl sites for hydroxylation is 1. The standard InChI is InChI=1S/C19H14ClNO4/c1-12-8-13(6-7-16(12)20)17(22)10-24-19(23)15-5-3-2-4-14(15)18-9-21-11-25-18/h2-9,11H,10H2,1H3. The van der Waals surface area contributed by atoms with Crippen LogP contribution in [0, 0.1) is 6.92 Å². The lowest BCUT2D eigenvalue weighted by Crippen LogP contribution is -2.15. The number of rotatable bonds is 5. The Hall–Kier alpha value is -2.92. The van der Waals surface area contributed by atoms with E-state index < -0.39 is 5.97 Å². The van der Waals surface area contributed by atoms with Gasteiger partial charge in [0.1, 0.15) is 0 Å². The van der Waals surface area contributed by atoms with Crippen molar-refractivity contribution in [3.63, 3.8) is 0 Å². The van der Waals surface area contributed by atoms with Gasteiger partial charge >= 0.3 is 5.97 Å². The van der Waals surface area contributed by atoms with E-state index in [0.717, 1.165) is 5.56 Å². The number of Topliss-reactive ketones (excluding diaryl/α,β-unsaturated/α-hetero) is 1. The van der Waals surface area contributed by atoms with Crippen LogP contribution in [0.25, 0.3) is 11.3 Å². The molecule has 0 atom stereocenters. The third-order valence-corrected chi connectivity index (χ3v) is 4.08. The molecule has 0 unspecified atom stereocenters. The molecule has 5 nitrogen and oxygen atoms in total. The van der Waals surface area contributed by atoms with E-state index >= 15 is 0 Å². The number of esters is 1. The smallest absolute Gasteiger partial charge is 0.339 e. The number of hydrogen-bond acceptors (Lipinski definition) is 5.